The number of nitrogens with zero attached hydrogens (tertiary/aromatic N) is 4. The lowest BCUT2D eigenvalue weighted by molar-refractivity contribution is -0.111. The van der Waals surface area contributed by atoms with E-state index in [1.807, 2.05) is 0 Å². The lowest BCUT2D eigenvalue weighted by Gasteiger charge is -2.07. The highest BCUT2D eigenvalue weighted by Crippen LogP contribution is 2.18. The summed E-state index contributed by atoms with van der Waals surface area (Å²) in [5, 5.41) is 9.17. The fourth-order valence-corrected chi connectivity index (χ4v) is 2.37. The molecule has 142 valence electrons. The smallest absolute Gasteiger partial charge is 0.278 e. The number of anilines is 3. The third-order valence-electron chi connectivity index (χ3n) is 3.65. The fourth-order valence-electron chi connectivity index (χ4n) is 2.37. The van der Waals surface area contributed by atoms with Crippen LogP contribution in [0.5, 0.6) is 0 Å². The van der Waals surface area contributed by atoms with E-state index in [-0.39, 0.29) is 17.2 Å². The summed E-state index contributed by atoms with van der Waals surface area (Å²) in [5.41, 5.74) is 6.81. The molecule has 0 aliphatic carbocycles. The van der Waals surface area contributed by atoms with Crippen molar-refractivity contribution in [3.05, 3.63) is 72.7 Å². The van der Waals surface area contributed by atoms with Gasteiger partial charge < -0.3 is 16.4 Å². The molecule has 2 amide bonds. The van der Waals surface area contributed by atoms with Crippen molar-refractivity contribution in [1.82, 2.24) is 19.7 Å². The summed E-state index contributed by atoms with van der Waals surface area (Å²) < 4.78 is 15.3. The van der Waals surface area contributed by atoms with Crippen LogP contribution in [0.4, 0.5) is 21.6 Å². The van der Waals surface area contributed by atoms with E-state index >= 15 is 0 Å². The summed E-state index contributed by atoms with van der Waals surface area (Å²) >= 11 is 0. The maximum Gasteiger partial charge on any atom is 0.278 e. The summed E-state index contributed by atoms with van der Waals surface area (Å²) in [6, 6.07) is 4.31. The molecule has 3 aromatic rings. The molecule has 1 aromatic carbocycles. The van der Waals surface area contributed by atoms with Gasteiger partial charge in [-0.1, -0.05) is 12.6 Å². The van der Waals surface area contributed by atoms with Gasteiger partial charge in [0.2, 0.25) is 5.91 Å². The average Bonchev–Trinajstić information content (AvgIpc) is 3.11. The van der Waals surface area contributed by atoms with Gasteiger partial charge in [0.05, 0.1) is 24.1 Å². The first-order valence-corrected chi connectivity index (χ1v) is 8.08. The summed E-state index contributed by atoms with van der Waals surface area (Å²) in [6.45, 7) is 3.62. The van der Waals surface area contributed by atoms with Gasteiger partial charge >= 0.3 is 0 Å². The number of nitrogen functional groups attached to an aromatic ring is 1. The molecule has 28 heavy (non-hydrogen) atoms. The second-order valence-corrected chi connectivity index (χ2v) is 5.68. The zero-order valence-electron chi connectivity index (χ0n) is 14.6. The van der Waals surface area contributed by atoms with Crippen LogP contribution in [0.3, 0.4) is 0 Å². The maximum absolute atomic E-state index is 13.8. The number of amides is 2. The minimum Gasteiger partial charge on any atom is -0.382 e. The largest absolute Gasteiger partial charge is 0.382 e. The van der Waals surface area contributed by atoms with Gasteiger partial charge in [0.25, 0.3) is 5.91 Å². The Labute approximate surface area is 159 Å². The Balaban J connectivity index is 1.70. The van der Waals surface area contributed by atoms with E-state index in [4.69, 9.17) is 5.73 Å². The molecule has 0 spiro atoms. The highest BCUT2D eigenvalue weighted by Gasteiger charge is 2.13. The molecule has 0 saturated carbocycles. The van der Waals surface area contributed by atoms with Crippen molar-refractivity contribution < 1.29 is 14.0 Å². The quantitative estimate of drug-likeness (QED) is 0.559. The molecule has 0 fully saturated rings. The minimum absolute atomic E-state index is 0.0105. The van der Waals surface area contributed by atoms with Crippen molar-refractivity contribution in [2.75, 3.05) is 16.4 Å². The number of benzene rings is 1. The molecule has 2 heterocycles. The van der Waals surface area contributed by atoms with Crippen LogP contribution >= 0.6 is 0 Å². The van der Waals surface area contributed by atoms with E-state index in [1.54, 1.807) is 16.9 Å². The number of rotatable bonds is 6. The van der Waals surface area contributed by atoms with E-state index in [1.165, 1.54) is 30.7 Å². The van der Waals surface area contributed by atoms with Crippen LogP contribution in [0.1, 0.15) is 16.1 Å². The molecule has 0 saturated heterocycles. The number of aromatic nitrogens is 4. The zero-order chi connectivity index (χ0) is 20.1. The molecule has 0 aliphatic rings. The molecule has 0 atom stereocenters. The van der Waals surface area contributed by atoms with Crippen molar-refractivity contribution in [2.45, 2.75) is 6.54 Å². The van der Waals surface area contributed by atoms with E-state index in [2.05, 4.69) is 32.3 Å². The molecular weight excluding hydrogens is 365 g/mol. The second kappa shape index (κ2) is 8.08. The number of hydrogen-bond donors (Lipinski definition) is 3. The third kappa shape index (κ3) is 4.36. The van der Waals surface area contributed by atoms with Crippen LogP contribution in [-0.2, 0) is 11.3 Å². The number of carbonyl (C=O) groups excluding carboxylic acids is 2. The Morgan fingerprint density at radius 3 is 2.79 bits per heavy atom. The van der Waals surface area contributed by atoms with Crippen molar-refractivity contribution in [2.24, 2.45) is 0 Å². The molecule has 2 aromatic heterocycles. The normalized spacial score (nSPS) is 10.3. The maximum atomic E-state index is 13.8. The fraction of sp³-hybridized carbons (Fsp3) is 0.0556. The van der Waals surface area contributed by atoms with Crippen LogP contribution in [-0.4, -0.2) is 31.6 Å². The lowest BCUT2D eigenvalue weighted by atomic mass is 10.2. The van der Waals surface area contributed by atoms with Gasteiger partial charge in [-0.25, -0.2) is 14.4 Å². The average molecular weight is 381 g/mol. The molecular formula is C18H16FN7O2. The van der Waals surface area contributed by atoms with E-state index in [9.17, 15) is 14.0 Å². The number of nitrogens with one attached hydrogen (secondary N) is 2. The van der Waals surface area contributed by atoms with Gasteiger partial charge in [0.15, 0.2) is 11.5 Å². The number of nitrogens with two attached hydrogens (primary N) is 1. The van der Waals surface area contributed by atoms with Gasteiger partial charge in [-0.2, -0.15) is 5.10 Å². The van der Waals surface area contributed by atoms with Gasteiger partial charge in [0.1, 0.15) is 5.82 Å². The van der Waals surface area contributed by atoms with Gasteiger partial charge in [-0.15, -0.1) is 0 Å². The van der Waals surface area contributed by atoms with Crippen LogP contribution in [0, 0.1) is 5.82 Å². The third-order valence-corrected chi connectivity index (χ3v) is 3.65. The van der Waals surface area contributed by atoms with Crippen LogP contribution < -0.4 is 16.4 Å². The van der Waals surface area contributed by atoms with Gasteiger partial charge in [-0.3, -0.25) is 14.3 Å². The molecule has 3 rings (SSSR count). The van der Waals surface area contributed by atoms with Crippen molar-refractivity contribution in [1.29, 1.82) is 0 Å². The summed E-state index contributed by atoms with van der Waals surface area (Å²) in [4.78, 5) is 31.3. The molecule has 9 nitrogen and oxygen atoms in total. The first kappa shape index (κ1) is 18.7. The van der Waals surface area contributed by atoms with Crippen LogP contribution in [0.2, 0.25) is 0 Å². The number of carbonyl (C=O) groups is 2. The standard InChI is InChI=1S/C18H16FN7O2/c1-2-15(27)25-14-7-11(3-4-13(14)19)9-26-10-12(8-23-26)24-18(28)16-17(20)22-6-5-21-16/h2-8,10H,1,9H2,(H2,20,22)(H,24,28)(H,25,27). The van der Waals surface area contributed by atoms with Crippen molar-refractivity contribution >= 4 is 29.0 Å². The Kier molecular flexibility index (Phi) is 5.40. The number of hydrogen-bond acceptors (Lipinski definition) is 6. The SMILES string of the molecule is C=CC(=O)Nc1cc(Cn2cc(NC(=O)c3nccnc3N)cn2)ccc1F. The Hall–Kier alpha value is -4.08. The highest BCUT2D eigenvalue weighted by atomic mass is 19.1. The second-order valence-electron chi connectivity index (χ2n) is 5.68. The summed E-state index contributed by atoms with van der Waals surface area (Å²) in [6.07, 6.45) is 6.85. The predicted octanol–water partition coefficient (Wildman–Crippen LogP) is 1.82. The van der Waals surface area contributed by atoms with Crippen LogP contribution in [0.15, 0.2) is 55.6 Å². The first-order valence-electron chi connectivity index (χ1n) is 8.08. The topological polar surface area (TPSA) is 128 Å². The first-order chi connectivity index (χ1) is 13.5. The lowest BCUT2D eigenvalue weighted by Crippen LogP contribution is -2.16. The molecule has 10 heteroatoms. The van der Waals surface area contributed by atoms with Crippen molar-refractivity contribution in [3.8, 4) is 0 Å². The Morgan fingerprint density at radius 2 is 2.04 bits per heavy atom. The summed E-state index contributed by atoms with van der Waals surface area (Å²) in [5.74, 6) is -1.56. The molecule has 0 radical (unpaired) electrons. The Bertz CT molecular complexity index is 1050. The van der Waals surface area contributed by atoms with Crippen molar-refractivity contribution in [3.63, 3.8) is 0 Å². The van der Waals surface area contributed by atoms with Gasteiger partial charge in [-0.05, 0) is 23.8 Å². The van der Waals surface area contributed by atoms with Gasteiger partial charge in [0, 0.05) is 18.6 Å². The predicted molar refractivity (Wildman–Crippen MR) is 101 cm³/mol. The monoisotopic (exact) mass is 381 g/mol. The number of halogens is 1. The minimum atomic E-state index is -0.561. The molecule has 0 aliphatic heterocycles. The Morgan fingerprint density at radius 1 is 1.25 bits per heavy atom. The zero-order valence-corrected chi connectivity index (χ0v) is 14.6. The molecule has 0 bridgehead atoms. The van der Waals surface area contributed by atoms with E-state index in [0.29, 0.717) is 17.8 Å². The summed E-state index contributed by atoms with van der Waals surface area (Å²) in [7, 11) is 0. The molecule has 0 unspecified atom stereocenters. The molecule has 4 N–H and O–H groups in total. The highest BCUT2D eigenvalue weighted by molar-refractivity contribution is 6.05. The van der Waals surface area contributed by atoms with E-state index in [0.717, 1.165) is 6.08 Å². The van der Waals surface area contributed by atoms with E-state index < -0.39 is 17.6 Å². The van der Waals surface area contributed by atoms with Crippen LogP contribution in [0.25, 0.3) is 0 Å².